The van der Waals surface area contributed by atoms with Crippen molar-refractivity contribution in [3.05, 3.63) is 29.8 Å². The molecule has 0 aliphatic carbocycles. The maximum absolute atomic E-state index is 12.5. The van der Waals surface area contributed by atoms with Crippen molar-refractivity contribution in [3.8, 4) is 5.75 Å². The zero-order valence-electron chi connectivity index (χ0n) is 14.7. The number of ether oxygens (including phenoxy) is 3. The van der Waals surface area contributed by atoms with Crippen molar-refractivity contribution in [1.29, 1.82) is 0 Å². The minimum Gasteiger partial charge on any atom is -0.497 e. The molecule has 0 radical (unpaired) electrons. The molecule has 0 N–H and O–H groups in total. The third-order valence-electron chi connectivity index (χ3n) is 5.51. The topological polar surface area (TPSA) is 51.2 Å². The van der Waals surface area contributed by atoms with Crippen LogP contribution in [0.5, 0.6) is 5.75 Å². The van der Waals surface area contributed by atoms with E-state index in [9.17, 15) is 4.79 Å². The van der Waals surface area contributed by atoms with Gasteiger partial charge in [0.1, 0.15) is 12.4 Å². The molecular formula is C19H26N2O4. The zero-order valence-corrected chi connectivity index (χ0v) is 14.7. The molecule has 0 saturated carbocycles. The molecule has 1 unspecified atom stereocenters. The molecule has 6 nitrogen and oxygen atoms in total. The Morgan fingerprint density at radius 1 is 1.24 bits per heavy atom. The molecule has 4 rings (SSSR count). The summed E-state index contributed by atoms with van der Waals surface area (Å²) in [6.45, 7) is 5.41. The third kappa shape index (κ3) is 3.66. The van der Waals surface area contributed by atoms with Crippen LogP contribution < -0.4 is 4.74 Å². The summed E-state index contributed by atoms with van der Waals surface area (Å²) in [6, 6.07) is 8.08. The second kappa shape index (κ2) is 7.32. The van der Waals surface area contributed by atoms with E-state index in [2.05, 4.69) is 4.90 Å². The summed E-state index contributed by atoms with van der Waals surface area (Å²) in [7, 11) is 1.66. The van der Waals surface area contributed by atoms with Crippen LogP contribution in [-0.4, -0.2) is 74.4 Å². The van der Waals surface area contributed by atoms with Gasteiger partial charge in [-0.1, -0.05) is 12.1 Å². The summed E-state index contributed by atoms with van der Waals surface area (Å²) < 4.78 is 16.5. The first-order chi connectivity index (χ1) is 12.2. The van der Waals surface area contributed by atoms with Gasteiger partial charge in [0.25, 0.3) is 0 Å². The molecular weight excluding hydrogens is 320 g/mol. The molecule has 6 heteroatoms. The summed E-state index contributed by atoms with van der Waals surface area (Å²) in [5.41, 5.74) is 1.12. The van der Waals surface area contributed by atoms with Crippen LogP contribution in [0, 0.1) is 5.92 Å². The molecule has 1 amide bonds. The lowest BCUT2D eigenvalue weighted by molar-refractivity contribution is -0.153. The number of morpholine rings is 1. The van der Waals surface area contributed by atoms with Crippen molar-refractivity contribution < 1.29 is 19.0 Å². The second-order valence-corrected chi connectivity index (χ2v) is 7.23. The molecule has 25 heavy (non-hydrogen) atoms. The number of carbonyl (C=O) groups is 1. The molecule has 3 aliphatic heterocycles. The predicted octanol–water partition coefficient (Wildman–Crippen LogP) is 1.14. The highest BCUT2D eigenvalue weighted by molar-refractivity contribution is 5.78. The fraction of sp³-hybridized carbons (Fsp3) is 0.632. The molecule has 0 spiro atoms. The zero-order chi connectivity index (χ0) is 17.2. The smallest absolute Gasteiger partial charge is 0.249 e. The highest BCUT2D eigenvalue weighted by atomic mass is 16.5. The van der Waals surface area contributed by atoms with E-state index in [1.165, 1.54) is 0 Å². The van der Waals surface area contributed by atoms with Gasteiger partial charge in [0.2, 0.25) is 5.91 Å². The van der Waals surface area contributed by atoms with Gasteiger partial charge in [0, 0.05) is 32.8 Å². The lowest BCUT2D eigenvalue weighted by Crippen LogP contribution is -2.53. The van der Waals surface area contributed by atoms with Gasteiger partial charge in [-0.2, -0.15) is 0 Å². The van der Waals surface area contributed by atoms with E-state index in [-0.39, 0.29) is 24.7 Å². The van der Waals surface area contributed by atoms with Crippen LogP contribution in [0.25, 0.3) is 0 Å². The summed E-state index contributed by atoms with van der Waals surface area (Å²) in [5.74, 6) is 1.54. The number of fused-ring (bicyclic) bond motifs is 1. The number of carbonyl (C=O) groups excluding carboxylic acids is 1. The average molecular weight is 346 g/mol. The maximum atomic E-state index is 12.5. The molecule has 3 aliphatic rings. The first kappa shape index (κ1) is 16.8. The average Bonchev–Trinajstić information content (AvgIpc) is 3.28. The highest BCUT2D eigenvalue weighted by Gasteiger charge is 2.43. The van der Waals surface area contributed by atoms with E-state index >= 15 is 0 Å². The van der Waals surface area contributed by atoms with Crippen molar-refractivity contribution in [2.45, 2.75) is 25.1 Å². The second-order valence-electron chi connectivity index (χ2n) is 7.23. The Labute approximate surface area is 148 Å². The molecule has 3 atom stereocenters. The van der Waals surface area contributed by atoms with Gasteiger partial charge >= 0.3 is 0 Å². The fourth-order valence-corrected chi connectivity index (χ4v) is 4.12. The summed E-state index contributed by atoms with van der Waals surface area (Å²) >= 11 is 0. The molecule has 0 aromatic heterocycles. The van der Waals surface area contributed by atoms with Crippen LogP contribution in [0.4, 0.5) is 0 Å². The quantitative estimate of drug-likeness (QED) is 0.800. The van der Waals surface area contributed by atoms with Gasteiger partial charge in [-0.05, 0) is 30.0 Å². The lowest BCUT2D eigenvalue weighted by atomic mass is 10.1. The van der Waals surface area contributed by atoms with Crippen LogP contribution in [0.15, 0.2) is 24.3 Å². The standard InChI is InChI=1S/C19H26N2O4/c1-23-16-4-2-14(3-5-16)9-21-17-10-20(8-15-6-7-24-12-15)11-18(17)25-13-19(21)22/h2-5,15,17-18H,6-13H2,1H3/t15?,17-,18-/m0/s1. The first-order valence-electron chi connectivity index (χ1n) is 9.07. The number of hydrogen-bond acceptors (Lipinski definition) is 5. The number of likely N-dealkylation sites (tertiary alicyclic amines) is 1. The highest BCUT2D eigenvalue weighted by Crippen LogP contribution is 2.27. The molecule has 3 saturated heterocycles. The SMILES string of the molecule is COc1ccc(CN2C(=O)CO[C@H]3CN(CC4CCOC4)C[C@@H]32)cc1. The number of nitrogens with zero attached hydrogens (tertiary/aromatic N) is 2. The summed E-state index contributed by atoms with van der Waals surface area (Å²) in [5, 5.41) is 0. The van der Waals surface area contributed by atoms with Gasteiger partial charge in [-0.3, -0.25) is 9.69 Å². The van der Waals surface area contributed by atoms with Crippen LogP contribution in [-0.2, 0) is 20.8 Å². The van der Waals surface area contributed by atoms with Gasteiger partial charge in [-0.25, -0.2) is 0 Å². The monoisotopic (exact) mass is 346 g/mol. The van der Waals surface area contributed by atoms with Crippen molar-refractivity contribution in [1.82, 2.24) is 9.80 Å². The number of hydrogen-bond donors (Lipinski definition) is 0. The Kier molecular flexibility index (Phi) is 4.92. The predicted molar refractivity (Wildman–Crippen MR) is 92.4 cm³/mol. The number of amides is 1. The number of benzene rings is 1. The normalized spacial score (nSPS) is 29.9. The largest absolute Gasteiger partial charge is 0.497 e. The molecule has 3 fully saturated rings. The molecule has 136 valence electrons. The Morgan fingerprint density at radius 3 is 2.80 bits per heavy atom. The molecule has 0 bridgehead atoms. The van der Waals surface area contributed by atoms with E-state index in [0.717, 1.165) is 50.6 Å². The van der Waals surface area contributed by atoms with E-state index in [0.29, 0.717) is 12.5 Å². The van der Waals surface area contributed by atoms with Crippen LogP contribution in [0.3, 0.4) is 0 Å². The van der Waals surface area contributed by atoms with Gasteiger partial charge in [0.05, 0.1) is 25.9 Å². The Balaban J connectivity index is 1.42. The van der Waals surface area contributed by atoms with Crippen molar-refractivity contribution >= 4 is 5.91 Å². The number of methoxy groups -OCH3 is 1. The van der Waals surface area contributed by atoms with Crippen LogP contribution in [0.2, 0.25) is 0 Å². The minimum atomic E-state index is 0.0862. The van der Waals surface area contributed by atoms with E-state index in [1.807, 2.05) is 29.2 Å². The lowest BCUT2D eigenvalue weighted by Gasteiger charge is -2.36. The van der Waals surface area contributed by atoms with E-state index in [1.54, 1.807) is 7.11 Å². The van der Waals surface area contributed by atoms with Crippen molar-refractivity contribution in [3.63, 3.8) is 0 Å². The molecule has 1 aromatic rings. The number of rotatable bonds is 5. The molecule has 1 aromatic carbocycles. The maximum Gasteiger partial charge on any atom is 0.249 e. The van der Waals surface area contributed by atoms with Crippen molar-refractivity contribution in [2.75, 3.05) is 46.6 Å². The third-order valence-corrected chi connectivity index (χ3v) is 5.51. The first-order valence-corrected chi connectivity index (χ1v) is 9.07. The Morgan fingerprint density at radius 2 is 2.08 bits per heavy atom. The van der Waals surface area contributed by atoms with E-state index < -0.39 is 0 Å². The molecule has 3 heterocycles. The fourth-order valence-electron chi connectivity index (χ4n) is 4.12. The van der Waals surface area contributed by atoms with E-state index in [4.69, 9.17) is 14.2 Å². The summed E-state index contributed by atoms with van der Waals surface area (Å²) in [4.78, 5) is 16.9. The van der Waals surface area contributed by atoms with Gasteiger partial charge in [0.15, 0.2) is 0 Å². The van der Waals surface area contributed by atoms with Gasteiger partial charge in [-0.15, -0.1) is 0 Å². The summed E-state index contributed by atoms with van der Waals surface area (Å²) in [6.07, 6.45) is 1.26. The Hall–Kier alpha value is -1.63. The van der Waals surface area contributed by atoms with Crippen LogP contribution >= 0.6 is 0 Å². The minimum absolute atomic E-state index is 0.0862. The van der Waals surface area contributed by atoms with Crippen LogP contribution in [0.1, 0.15) is 12.0 Å². The van der Waals surface area contributed by atoms with Crippen molar-refractivity contribution in [2.24, 2.45) is 5.92 Å². The Bertz CT molecular complexity index is 600. The van der Waals surface area contributed by atoms with Gasteiger partial charge < -0.3 is 19.1 Å².